The van der Waals surface area contributed by atoms with Gasteiger partial charge in [-0.2, -0.15) is 5.26 Å². The molecule has 4 N–H and O–H groups in total. The van der Waals surface area contributed by atoms with Gasteiger partial charge in [-0.3, -0.25) is 14.4 Å². The van der Waals surface area contributed by atoms with Crippen molar-refractivity contribution in [1.29, 1.82) is 5.26 Å². The number of carbonyl (C=O) groups excluding carboxylic acids is 3. The van der Waals surface area contributed by atoms with Crippen molar-refractivity contribution in [2.24, 2.45) is 11.3 Å². The first kappa shape index (κ1) is 25.6. The molecule has 0 aliphatic carbocycles. The summed E-state index contributed by atoms with van der Waals surface area (Å²) in [6, 6.07) is 7.43. The summed E-state index contributed by atoms with van der Waals surface area (Å²) in [5, 5.41) is 19.4. The molecule has 0 saturated carbocycles. The summed E-state index contributed by atoms with van der Waals surface area (Å²) in [5.41, 5.74) is 0.332. The molecule has 1 aromatic heterocycles. The number of nitriles is 1. The van der Waals surface area contributed by atoms with E-state index in [0.717, 1.165) is 5.39 Å². The smallest absolute Gasteiger partial charge is 0.268 e. The molecular weight excluding hydrogens is 454 g/mol. The van der Waals surface area contributed by atoms with Crippen molar-refractivity contribution in [3.05, 3.63) is 35.0 Å². The third-order valence-corrected chi connectivity index (χ3v) is 6.18. The Bertz CT molecular complexity index is 1140. The van der Waals surface area contributed by atoms with E-state index in [4.69, 9.17) is 11.6 Å². The Hall–Kier alpha value is -3.05. The molecule has 9 heteroatoms. The van der Waals surface area contributed by atoms with Crippen LogP contribution in [0.1, 0.15) is 64.4 Å². The number of fused-ring (bicyclic) bond motifs is 1. The summed E-state index contributed by atoms with van der Waals surface area (Å²) in [7, 11) is 0. The zero-order chi connectivity index (χ0) is 25.3. The lowest BCUT2D eigenvalue weighted by Crippen LogP contribution is -2.51. The lowest BCUT2D eigenvalue weighted by atomic mass is 9.87. The van der Waals surface area contributed by atoms with Gasteiger partial charge in [0.1, 0.15) is 17.8 Å². The largest absolute Gasteiger partial charge is 0.351 e. The van der Waals surface area contributed by atoms with Crippen LogP contribution in [-0.4, -0.2) is 40.3 Å². The van der Waals surface area contributed by atoms with Crippen LogP contribution in [0.15, 0.2) is 24.3 Å². The van der Waals surface area contributed by atoms with Gasteiger partial charge in [0.25, 0.3) is 5.91 Å². The van der Waals surface area contributed by atoms with Crippen molar-refractivity contribution in [3.8, 4) is 6.07 Å². The fraction of sp³-hybridized carbons (Fsp3) is 0.520. The molecule has 1 aliphatic heterocycles. The van der Waals surface area contributed by atoms with Crippen LogP contribution < -0.4 is 16.0 Å². The number of rotatable bonds is 7. The highest BCUT2D eigenvalue weighted by molar-refractivity contribution is 6.35. The Balaban J connectivity index is 1.73. The first-order chi connectivity index (χ1) is 15.8. The molecule has 1 aromatic carbocycles. The lowest BCUT2D eigenvalue weighted by Gasteiger charge is -2.27. The topological polar surface area (TPSA) is 127 Å². The van der Waals surface area contributed by atoms with Crippen LogP contribution in [-0.2, 0) is 9.59 Å². The summed E-state index contributed by atoms with van der Waals surface area (Å²) in [5.74, 6) is -1.37. The summed E-state index contributed by atoms with van der Waals surface area (Å²) >= 11 is 6.20. The molecule has 8 nitrogen and oxygen atoms in total. The van der Waals surface area contributed by atoms with Crippen molar-refractivity contribution in [2.45, 2.75) is 71.5 Å². The van der Waals surface area contributed by atoms with Crippen LogP contribution in [0.2, 0.25) is 5.02 Å². The van der Waals surface area contributed by atoms with E-state index >= 15 is 0 Å². The second-order valence-electron chi connectivity index (χ2n) is 10.9. The number of halogens is 1. The molecule has 1 aliphatic rings. The van der Waals surface area contributed by atoms with Gasteiger partial charge in [0, 0.05) is 16.8 Å². The number of H-pyrrole nitrogens is 1. The van der Waals surface area contributed by atoms with Crippen molar-refractivity contribution in [2.75, 3.05) is 0 Å². The van der Waals surface area contributed by atoms with Crippen molar-refractivity contribution in [1.82, 2.24) is 20.9 Å². The highest BCUT2D eigenvalue weighted by Crippen LogP contribution is 2.28. The number of nitrogens with one attached hydrogen (secondary N) is 4. The number of nitrogens with zero attached hydrogens (tertiary/aromatic N) is 1. The van der Waals surface area contributed by atoms with E-state index in [1.165, 1.54) is 0 Å². The second-order valence-corrected chi connectivity index (χ2v) is 11.3. The van der Waals surface area contributed by atoms with Gasteiger partial charge in [-0.05, 0) is 50.7 Å². The molecule has 1 saturated heterocycles. The molecule has 182 valence electrons. The number of carbonyl (C=O) groups is 3. The molecule has 2 aromatic rings. The normalized spacial score (nSPS) is 19.2. The third-order valence-electron chi connectivity index (χ3n) is 5.87. The highest BCUT2D eigenvalue weighted by atomic mass is 35.5. The van der Waals surface area contributed by atoms with E-state index in [1.807, 2.05) is 40.7 Å². The van der Waals surface area contributed by atoms with E-state index in [2.05, 4.69) is 27.0 Å². The molecule has 3 atom stereocenters. The minimum absolute atomic E-state index is 0.114. The maximum Gasteiger partial charge on any atom is 0.268 e. The molecule has 0 radical (unpaired) electrons. The van der Waals surface area contributed by atoms with Crippen LogP contribution in [0.25, 0.3) is 10.9 Å². The Labute approximate surface area is 204 Å². The Morgan fingerprint density at radius 2 is 2.00 bits per heavy atom. The average Bonchev–Trinajstić information content (AvgIpc) is 3.26. The Kier molecular flexibility index (Phi) is 7.27. The van der Waals surface area contributed by atoms with Gasteiger partial charge in [-0.15, -0.1) is 0 Å². The van der Waals surface area contributed by atoms with Crippen LogP contribution in [0, 0.1) is 22.7 Å². The minimum atomic E-state index is -0.862. The minimum Gasteiger partial charge on any atom is -0.351 e. The van der Waals surface area contributed by atoms with Crippen LogP contribution in [0.4, 0.5) is 0 Å². The van der Waals surface area contributed by atoms with Gasteiger partial charge in [-0.1, -0.05) is 44.5 Å². The fourth-order valence-corrected chi connectivity index (χ4v) is 4.61. The molecular formula is C25H32ClN5O3. The summed E-state index contributed by atoms with van der Waals surface area (Å²) in [4.78, 5) is 41.4. The molecule has 3 unspecified atom stereocenters. The van der Waals surface area contributed by atoms with Crippen molar-refractivity contribution in [3.63, 3.8) is 0 Å². The van der Waals surface area contributed by atoms with Crippen LogP contribution in [0.5, 0.6) is 0 Å². The Morgan fingerprint density at radius 3 is 2.56 bits per heavy atom. The van der Waals surface area contributed by atoms with Crippen molar-refractivity contribution >= 4 is 40.2 Å². The number of benzene rings is 1. The summed E-state index contributed by atoms with van der Waals surface area (Å²) in [6.07, 6.45) is 1.17. The second kappa shape index (κ2) is 9.67. The number of para-hydroxylation sites is 1. The van der Waals surface area contributed by atoms with Gasteiger partial charge in [0.05, 0.1) is 16.6 Å². The lowest BCUT2D eigenvalue weighted by molar-refractivity contribution is -0.125. The van der Waals surface area contributed by atoms with E-state index in [-0.39, 0.29) is 34.9 Å². The maximum atomic E-state index is 13.2. The van der Waals surface area contributed by atoms with Gasteiger partial charge < -0.3 is 20.9 Å². The quantitative estimate of drug-likeness (QED) is 0.477. The monoisotopic (exact) mass is 485 g/mol. The van der Waals surface area contributed by atoms with Gasteiger partial charge in [-0.25, -0.2) is 0 Å². The number of hydrogen-bond donors (Lipinski definition) is 4. The van der Waals surface area contributed by atoms with Crippen LogP contribution in [0.3, 0.4) is 0 Å². The number of amides is 3. The van der Waals surface area contributed by atoms with E-state index in [1.54, 1.807) is 18.2 Å². The average molecular weight is 486 g/mol. The zero-order valence-electron chi connectivity index (χ0n) is 20.2. The first-order valence-electron chi connectivity index (χ1n) is 11.4. The summed E-state index contributed by atoms with van der Waals surface area (Å²) in [6.45, 7) is 9.76. The highest BCUT2D eigenvalue weighted by Gasteiger charge is 2.39. The predicted molar refractivity (Wildman–Crippen MR) is 131 cm³/mol. The number of aromatic amines is 1. The third kappa shape index (κ3) is 6.29. The molecule has 3 amide bonds. The zero-order valence-corrected chi connectivity index (χ0v) is 21.0. The molecule has 2 heterocycles. The number of aromatic nitrogens is 1. The van der Waals surface area contributed by atoms with Crippen LogP contribution >= 0.6 is 11.6 Å². The van der Waals surface area contributed by atoms with Gasteiger partial charge >= 0.3 is 0 Å². The van der Waals surface area contributed by atoms with E-state index < -0.39 is 23.9 Å². The molecule has 1 fully saturated rings. The van der Waals surface area contributed by atoms with E-state index in [0.29, 0.717) is 23.4 Å². The maximum absolute atomic E-state index is 13.2. The first-order valence-corrected chi connectivity index (χ1v) is 11.8. The van der Waals surface area contributed by atoms with Crippen molar-refractivity contribution < 1.29 is 14.4 Å². The Morgan fingerprint density at radius 1 is 1.29 bits per heavy atom. The number of hydrogen-bond acceptors (Lipinski definition) is 4. The predicted octanol–water partition coefficient (Wildman–Crippen LogP) is 3.67. The fourth-order valence-electron chi connectivity index (χ4n) is 4.39. The molecule has 0 spiro atoms. The molecule has 0 bridgehead atoms. The molecule has 3 rings (SSSR count). The standard InChI is InChI=1S/C25H32ClN5O3/c1-24(2,3)12-19(30-22(33)18-10-14-7-6-8-17(26)20(14)29-18)23(34)28-16(13-27)9-15-11-25(4,5)31-21(15)32/h6-8,10,15-16,19,29H,9,11-12H2,1-5H3,(H,28,34)(H,30,33)(H,31,32). The molecule has 34 heavy (non-hydrogen) atoms. The van der Waals surface area contributed by atoms with Gasteiger partial charge in [0.2, 0.25) is 11.8 Å². The van der Waals surface area contributed by atoms with E-state index in [9.17, 15) is 19.6 Å². The SMILES string of the molecule is CC(C)(C)CC(NC(=O)c1cc2cccc(Cl)c2[nH]1)C(=O)NC(C#N)CC1CC(C)(C)NC1=O. The summed E-state index contributed by atoms with van der Waals surface area (Å²) < 4.78 is 0. The van der Waals surface area contributed by atoms with Gasteiger partial charge in [0.15, 0.2) is 0 Å².